The van der Waals surface area contributed by atoms with E-state index < -0.39 is 0 Å². The molecule has 0 radical (unpaired) electrons. The summed E-state index contributed by atoms with van der Waals surface area (Å²) >= 11 is 13.9. The van der Waals surface area contributed by atoms with Crippen molar-refractivity contribution < 1.29 is 13.7 Å². The first-order chi connectivity index (χ1) is 41.8. The SMILES string of the molecule is BrCc1ccc(CBr)cc1.CCc1ccc(C[n+]2ccc(-c3cc(-c4cc[n+](Cc5ccc(CBr)cc5)cc4)cc(-c4cc[n+](Cc5ccc(CBr)cc5)cc4)c3)cc2)cc1.c1cc(-c2cc(-c3ccncc3)cc(-c3ccncc3)c2)ccn1. The van der Waals surface area contributed by atoms with Crippen molar-refractivity contribution in [1.82, 2.24) is 15.0 Å². The van der Waals surface area contributed by atoms with Crippen LogP contribution in [-0.2, 0) is 47.4 Å². The Balaban J connectivity index is 0.000000192. The fraction of sp³-hybridized carbons (Fsp3) is 0.120. The molecule has 0 fully saturated rings. The van der Waals surface area contributed by atoms with Gasteiger partial charge in [-0.25, -0.2) is 13.7 Å². The second kappa shape index (κ2) is 30.8. The highest BCUT2D eigenvalue weighted by atomic mass is 79.9. The summed E-state index contributed by atoms with van der Waals surface area (Å²) in [5.41, 5.74) is 24.6. The summed E-state index contributed by atoms with van der Waals surface area (Å²) in [6.45, 7) is 4.73. The maximum atomic E-state index is 4.12. The van der Waals surface area contributed by atoms with Gasteiger partial charge in [-0.1, -0.05) is 168 Å². The lowest BCUT2D eigenvalue weighted by atomic mass is 9.94. The number of halogens is 4. The topological polar surface area (TPSA) is 50.3 Å². The predicted octanol–water partition coefficient (Wildman–Crippen LogP) is 18.4. The molecule has 0 amide bonds. The second-order valence-corrected chi connectivity index (χ2v) is 23.0. The Bertz CT molecular complexity index is 3550. The molecule has 0 spiro atoms. The van der Waals surface area contributed by atoms with Gasteiger partial charge in [0.15, 0.2) is 56.8 Å². The Morgan fingerprint density at radius 1 is 0.235 bits per heavy atom. The molecule has 0 saturated heterocycles. The molecule has 0 bridgehead atoms. The molecule has 6 aromatic carbocycles. The van der Waals surface area contributed by atoms with Crippen molar-refractivity contribution in [2.75, 3.05) is 0 Å². The molecule has 85 heavy (non-hydrogen) atoms. The normalized spacial score (nSPS) is 10.8. The average molecular weight is 1370 g/mol. The molecule has 12 rings (SSSR count). The summed E-state index contributed by atoms with van der Waals surface area (Å²) < 4.78 is 6.74. The number of nitrogens with zero attached hydrogens (tertiary/aromatic N) is 6. The Hall–Kier alpha value is -7.86. The highest BCUT2D eigenvalue weighted by molar-refractivity contribution is 9.09. The van der Waals surface area contributed by atoms with Gasteiger partial charge in [0.1, 0.15) is 0 Å². The molecular weight excluding hydrogens is 1300 g/mol. The van der Waals surface area contributed by atoms with E-state index in [2.05, 4.69) is 306 Å². The lowest BCUT2D eigenvalue weighted by Crippen LogP contribution is -2.33. The van der Waals surface area contributed by atoms with Gasteiger partial charge in [-0.3, -0.25) is 15.0 Å². The maximum absolute atomic E-state index is 4.12. The third-order valence-electron chi connectivity index (χ3n) is 14.8. The van der Waals surface area contributed by atoms with Gasteiger partial charge in [0.25, 0.3) is 0 Å². The van der Waals surface area contributed by atoms with Crippen LogP contribution in [0.2, 0.25) is 0 Å². The first-order valence-electron chi connectivity index (χ1n) is 28.4. The number of pyridine rings is 6. The third-order valence-corrected chi connectivity index (χ3v) is 17.4. The Labute approximate surface area is 534 Å². The van der Waals surface area contributed by atoms with Crippen LogP contribution in [0.25, 0.3) is 66.8 Å². The van der Waals surface area contributed by atoms with Crippen molar-refractivity contribution in [3.63, 3.8) is 0 Å². The van der Waals surface area contributed by atoms with E-state index in [-0.39, 0.29) is 0 Å². The van der Waals surface area contributed by atoms with Crippen LogP contribution >= 0.6 is 63.7 Å². The van der Waals surface area contributed by atoms with Gasteiger partial charge in [0.2, 0.25) is 0 Å². The summed E-state index contributed by atoms with van der Waals surface area (Å²) in [5, 5.41) is 3.63. The van der Waals surface area contributed by atoms with E-state index in [4.69, 9.17) is 0 Å². The third kappa shape index (κ3) is 17.2. The molecule has 0 aliphatic carbocycles. The van der Waals surface area contributed by atoms with E-state index in [9.17, 15) is 0 Å². The smallest absolute Gasteiger partial charge is 0.173 e. The molecule has 6 heterocycles. The van der Waals surface area contributed by atoms with E-state index in [1.54, 1.807) is 0 Å². The van der Waals surface area contributed by atoms with Gasteiger partial charge < -0.3 is 0 Å². The molecule has 0 saturated carbocycles. The largest absolute Gasteiger partial charge is 0.265 e. The van der Waals surface area contributed by atoms with Crippen molar-refractivity contribution >= 4 is 63.7 Å². The minimum Gasteiger partial charge on any atom is -0.265 e. The van der Waals surface area contributed by atoms with E-state index in [1.807, 2.05) is 73.6 Å². The first kappa shape index (κ1) is 60.3. The number of aryl methyl sites for hydroxylation is 1. The predicted molar refractivity (Wildman–Crippen MR) is 362 cm³/mol. The summed E-state index contributed by atoms with van der Waals surface area (Å²) in [6, 6.07) is 74.2. The number of rotatable bonds is 17. The van der Waals surface area contributed by atoms with Crippen LogP contribution in [0.1, 0.15) is 51.4 Å². The van der Waals surface area contributed by atoms with Gasteiger partial charge in [0, 0.05) is 112 Å². The van der Waals surface area contributed by atoms with Crippen molar-refractivity contribution in [3.05, 3.63) is 325 Å². The van der Waals surface area contributed by atoms with Crippen LogP contribution in [0.5, 0.6) is 0 Å². The number of hydrogen-bond donors (Lipinski definition) is 0. The quantitative estimate of drug-likeness (QED) is 0.0674. The number of alkyl halides is 4. The van der Waals surface area contributed by atoms with E-state index in [0.29, 0.717) is 0 Å². The molecular formula is C75H65Br4N6+3. The monoisotopic (exact) mass is 1370 g/mol. The molecule has 10 heteroatoms. The van der Waals surface area contributed by atoms with Crippen LogP contribution in [0.4, 0.5) is 0 Å². The van der Waals surface area contributed by atoms with Crippen molar-refractivity contribution in [3.8, 4) is 66.8 Å². The molecule has 6 aromatic heterocycles. The highest BCUT2D eigenvalue weighted by Crippen LogP contribution is 2.34. The molecule has 0 atom stereocenters. The van der Waals surface area contributed by atoms with Crippen molar-refractivity contribution in [1.29, 1.82) is 0 Å². The van der Waals surface area contributed by atoms with Crippen molar-refractivity contribution in [2.24, 2.45) is 0 Å². The van der Waals surface area contributed by atoms with Gasteiger partial charge in [0.05, 0.1) is 0 Å². The maximum Gasteiger partial charge on any atom is 0.173 e. The zero-order valence-corrected chi connectivity index (χ0v) is 53.8. The fourth-order valence-electron chi connectivity index (χ4n) is 9.85. The summed E-state index contributed by atoms with van der Waals surface area (Å²) in [6.07, 6.45) is 25.1. The molecule has 420 valence electrons. The number of benzene rings is 6. The van der Waals surface area contributed by atoms with Crippen LogP contribution in [-0.4, -0.2) is 15.0 Å². The number of aromatic nitrogens is 6. The Morgan fingerprint density at radius 3 is 0.624 bits per heavy atom. The molecule has 0 unspecified atom stereocenters. The molecule has 12 aromatic rings. The second-order valence-electron chi connectivity index (χ2n) is 20.7. The fourth-order valence-corrected chi connectivity index (χ4v) is 11.3. The lowest BCUT2D eigenvalue weighted by molar-refractivity contribution is -0.688. The van der Waals surface area contributed by atoms with Crippen molar-refractivity contribution in [2.45, 2.75) is 54.3 Å². The van der Waals surface area contributed by atoms with Gasteiger partial charge in [-0.15, -0.1) is 0 Å². The molecule has 6 nitrogen and oxygen atoms in total. The summed E-state index contributed by atoms with van der Waals surface area (Å²) in [5.74, 6) is 0. The average Bonchev–Trinajstić information content (AvgIpc) is 3.50. The van der Waals surface area contributed by atoms with Crippen LogP contribution < -0.4 is 13.7 Å². The lowest BCUT2D eigenvalue weighted by Gasteiger charge is -2.11. The standard InChI is InChI=1S/C46H42Br2N3.C21H15N3.C8H8Br2/c1-2-35-3-9-38(10-4-35)32-49-21-15-41(16-22-49)44-27-45(42-17-23-50(24-18-42)33-39-11-5-36(30-47)6-12-39)29-46(28-44)43-19-25-51(26-20-43)34-40-13-7-37(31-48)8-14-40;1-7-22-8-2-16(1)19-13-20(17-3-9-23-10-4-17)15-21(14-19)18-5-11-24-12-6-18;9-5-7-1-2-8(6-10)4-3-7/h3-29H,2,30-34H2,1H3;1-15H;1-4H,5-6H2/q+3;;. The van der Waals surface area contributed by atoms with Crippen LogP contribution in [0.15, 0.2) is 281 Å². The zero-order chi connectivity index (χ0) is 58.6. The van der Waals surface area contributed by atoms with Crippen LogP contribution in [0, 0.1) is 0 Å². The van der Waals surface area contributed by atoms with E-state index in [0.717, 1.165) is 64.1 Å². The highest BCUT2D eigenvalue weighted by Gasteiger charge is 2.14. The van der Waals surface area contributed by atoms with Gasteiger partial charge >= 0.3 is 0 Å². The minimum atomic E-state index is 0.839. The van der Waals surface area contributed by atoms with Crippen LogP contribution in [0.3, 0.4) is 0 Å². The van der Waals surface area contributed by atoms with Gasteiger partial charge in [-0.2, -0.15) is 0 Å². The minimum absolute atomic E-state index is 0.839. The zero-order valence-electron chi connectivity index (χ0n) is 47.4. The van der Waals surface area contributed by atoms with E-state index in [1.165, 1.54) is 94.6 Å². The molecule has 0 aliphatic heterocycles. The molecule has 0 aliphatic rings. The first-order valence-corrected chi connectivity index (χ1v) is 32.9. The Morgan fingerprint density at radius 2 is 0.424 bits per heavy atom. The molecule has 0 N–H and O–H groups in total. The number of hydrogen-bond acceptors (Lipinski definition) is 3. The summed E-state index contributed by atoms with van der Waals surface area (Å²) in [4.78, 5) is 12.3. The van der Waals surface area contributed by atoms with Gasteiger partial charge in [-0.05, 0) is 174 Å². The summed E-state index contributed by atoms with van der Waals surface area (Å²) in [7, 11) is 0. The van der Waals surface area contributed by atoms with E-state index >= 15 is 0 Å². The Kier molecular flexibility index (Phi) is 21.8.